The van der Waals surface area contributed by atoms with E-state index in [1.165, 1.54) is 0 Å². The number of benzene rings is 2. The van der Waals surface area contributed by atoms with Crippen LogP contribution in [0.15, 0.2) is 42.6 Å². The molecule has 3 heterocycles. The van der Waals surface area contributed by atoms with E-state index < -0.39 is 0 Å². The van der Waals surface area contributed by atoms with Crippen LogP contribution in [0.2, 0.25) is 0 Å². The highest BCUT2D eigenvalue weighted by atomic mass is 16.5. The molecular weight excluding hydrogens is 406 g/mol. The Morgan fingerprint density at radius 2 is 2.09 bits per heavy atom. The Morgan fingerprint density at radius 3 is 2.88 bits per heavy atom. The first-order chi connectivity index (χ1) is 15.6. The first-order valence-corrected chi connectivity index (χ1v) is 11.2. The van der Waals surface area contributed by atoms with E-state index in [1.807, 2.05) is 36.4 Å². The SMILES string of the molecule is O=C(Nc1cc(N2CCCC2=O)cc2[nH]ncc12)NC1CC2(CCC2)Oc2ccccc21. The Kier molecular flexibility index (Phi) is 4.34. The predicted octanol–water partition coefficient (Wildman–Crippen LogP) is 4.26. The monoisotopic (exact) mass is 431 g/mol. The molecule has 8 heteroatoms. The summed E-state index contributed by atoms with van der Waals surface area (Å²) in [5, 5.41) is 14.0. The molecule has 3 amide bonds. The van der Waals surface area contributed by atoms with Gasteiger partial charge < -0.3 is 20.3 Å². The molecule has 164 valence electrons. The van der Waals surface area contributed by atoms with E-state index in [2.05, 4.69) is 20.8 Å². The average molecular weight is 431 g/mol. The third-order valence-corrected chi connectivity index (χ3v) is 6.94. The van der Waals surface area contributed by atoms with Crippen LogP contribution < -0.4 is 20.3 Å². The normalized spacial score (nSPS) is 21.2. The number of hydrogen-bond acceptors (Lipinski definition) is 4. The number of para-hydroxylation sites is 1. The number of hydrogen-bond donors (Lipinski definition) is 3. The van der Waals surface area contributed by atoms with Crippen LogP contribution in [0.25, 0.3) is 10.9 Å². The zero-order valence-corrected chi connectivity index (χ0v) is 17.7. The van der Waals surface area contributed by atoms with Crippen molar-refractivity contribution < 1.29 is 14.3 Å². The molecule has 1 saturated carbocycles. The molecule has 3 N–H and O–H groups in total. The minimum atomic E-state index is -0.284. The van der Waals surface area contributed by atoms with Crippen molar-refractivity contribution in [1.82, 2.24) is 15.5 Å². The van der Waals surface area contributed by atoms with Crippen molar-refractivity contribution >= 4 is 34.2 Å². The van der Waals surface area contributed by atoms with Gasteiger partial charge in [-0.2, -0.15) is 5.10 Å². The molecule has 1 unspecified atom stereocenters. The summed E-state index contributed by atoms with van der Waals surface area (Å²) in [7, 11) is 0. The second kappa shape index (κ2) is 7.25. The first kappa shape index (κ1) is 19.2. The maximum Gasteiger partial charge on any atom is 0.319 e. The quantitative estimate of drug-likeness (QED) is 0.577. The number of nitrogens with one attached hydrogen (secondary N) is 3. The molecule has 2 fully saturated rings. The summed E-state index contributed by atoms with van der Waals surface area (Å²) in [6.07, 6.45) is 7.03. The highest BCUT2D eigenvalue weighted by Crippen LogP contribution is 2.48. The van der Waals surface area contributed by atoms with Gasteiger partial charge in [-0.25, -0.2) is 4.79 Å². The average Bonchev–Trinajstić information content (AvgIpc) is 3.41. The van der Waals surface area contributed by atoms with E-state index >= 15 is 0 Å². The summed E-state index contributed by atoms with van der Waals surface area (Å²) in [5.74, 6) is 0.958. The molecule has 1 spiro atoms. The van der Waals surface area contributed by atoms with Gasteiger partial charge in [0.15, 0.2) is 0 Å². The Morgan fingerprint density at radius 1 is 1.22 bits per heavy atom. The van der Waals surface area contributed by atoms with Gasteiger partial charge >= 0.3 is 6.03 Å². The van der Waals surface area contributed by atoms with Crippen LogP contribution >= 0.6 is 0 Å². The second-order valence-electron chi connectivity index (χ2n) is 9.01. The van der Waals surface area contributed by atoms with Crippen LogP contribution in [0.3, 0.4) is 0 Å². The van der Waals surface area contributed by atoms with Gasteiger partial charge in [-0.05, 0) is 43.9 Å². The van der Waals surface area contributed by atoms with Crippen LogP contribution in [0.5, 0.6) is 5.75 Å². The fourth-order valence-corrected chi connectivity index (χ4v) is 5.16. The van der Waals surface area contributed by atoms with Crippen molar-refractivity contribution in [2.45, 2.75) is 50.2 Å². The van der Waals surface area contributed by atoms with Crippen molar-refractivity contribution in [2.24, 2.45) is 0 Å². The fourth-order valence-electron chi connectivity index (χ4n) is 5.16. The summed E-state index contributed by atoms with van der Waals surface area (Å²) >= 11 is 0. The molecule has 1 aliphatic carbocycles. The molecule has 1 aromatic heterocycles. The Labute approximate surface area is 185 Å². The highest BCUT2D eigenvalue weighted by Gasteiger charge is 2.45. The molecule has 2 aliphatic heterocycles. The number of anilines is 2. The highest BCUT2D eigenvalue weighted by molar-refractivity contribution is 6.05. The molecule has 0 bridgehead atoms. The number of H-pyrrole nitrogens is 1. The molecule has 3 aliphatic rings. The third kappa shape index (κ3) is 3.18. The fraction of sp³-hybridized carbons (Fsp3) is 0.375. The Bertz CT molecular complexity index is 1220. The molecular formula is C24H25N5O3. The number of carbonyl (C=O) groups excluding carboxylic acids is 2. The van der Waals surface area contributed by atoms with Crippen molar-refractivity contribution in [2.75, 3.05) is 16.8 Å². The summed E-state index contributed by atoms with van der Waals surface area (Å²) in [5.41, 5.74) is 3.01. The van der Waals surface area contributed by atoms with Crippen molar-refractivity contribution in [3.05, 3.63) is 48.2 Å². The molecule has 1 atom stereocenters. The molecule has 3 aromatic rings. The van der Waals surface area contributed by atoms with Gasteiger partial charge in [-0.3, -0.25) is 9.89 Å². The number of rotatable bonds is 3. The van der Waals surface area contributed by atoms with Gasteiger partial charge in [0, 0.05) is 36.0 Å². The molecule has 8 nitrogen and oxygen atoms in total. The maximum absolute atomic E-state index is 13.1. The predicted molar refractivity (Wildman–Crippen MR) is 121 cm³/mol. The van der Waals surface area contributed by atoms with E-state index in [9.17, 15) is 9.59 Å². The number of nitrogens with zero attached hydrogens (tertiary/aromatic N) is 2. The van der Waals surface area contributed by atoms with Crippen LogP contribution in [0, 0.1) is 0 Å². The van der Waals surface area contributed by atoms with E-state index in [0.717, 1.165) is 60.0 Å². The number of carbonyl (C=O) groups is 2. The van der Waals surface area contributed by atoms with Gasteiger partial charge in [0.1, 0.15) is 11.4 Å². The zero-order chi connectivity index (χ0) is 21.7. The largest absolute Gasteiger partial charge is 0.487 e. The summed E-state index contributed by atoms with van der Waals surface area (Å²) in [6.45, 7) is 0.686. The summed E-state index contributed by atoms with van der Waals surface area (Å²) in [6, 6.07) is 11.3. The van der Waals surface area contributed by atoms with E-state index in [0.29, 0.717) is 18.7 Å². The number of aromatic nitrogens is 2. The van der Waals surface area contributed by atoms with E-state index in [-0.39, 0.29) is 23.6 Å². The van der Waals surface area contributed by atoms with Gasteiger partial charge in [0.25, 0.3) is 0 Å². The van der Waals surface area contributed by atoms with Gasteiger partial charge in [0.2, 0.25) is 5.91 Å². The number of urea groups is 1. The molecule has 0 radical (unpaired) electrons. The molecule has 32 heavy (non-hydrogen) atoms. The van der Waals surface area contributed by atoms with Gasteiger partial charge in [-0.1, -0.05) is 18.2 Å². The van der Waals surface area contributed by atoms with Gasteiger partial charge in [0.05, 0.1) is 23.4 Å². The Hall–Kier alpha value is -3.55. The lowest BCUT2D eigenvalue weighted by molar-refractivity contribution is -0.117. The molecule has 2 aromatic carbocycles. The minimum absolute atomic E-state index is 0.101. The number of aromatic amines is 1. The first-order valence-electron chi connectivity index (χ1n) is 11.2. The smallest absolute Gasteiger partial charge is 0.319 e. The van der Waals surface area contributed by atoms with Crippen LogP contribution in [-0.2, 0) is 4.79 Å². The lowest BCUT2D eigenvalue weighted by atomic mass is 9.73. The second-order valence-corrected chi connectivity index (χ2v) is 9.01. The summed E-state index contributed by atoms with van der Waals surface area (Å²) in [4.78, 5) is 27.1. The lowest BCUT2D eigenvalue weighted by Gasteiger charge is -2.48. The number of fused-ring (bicyclic) bond motifs is 2. The number of ether oxygens (including phenoxy) is 1. The summed E-state index contributed by atoms with van der Waals surface area (Å²) < 4.78 is 6.29. The van der Waals surface area contributed by atoms with Crippen LogP contribution in [-0.4, -0.2) is 34.3 Å². The van der Waals surface area contributed by atoms with Crippen LogP contribution in [0.1, 0.15) is 50.1 Å². The van der Waals surface area contributed by atoms with Crippen molar-refractivity contribution in [3.63, 3.8) is 0 Å². The lowest BCUT2D eigenvalue weighted by Crippen LogP contribution is -2.50. The number of amides is 3. The minimum Gasteiger partial charge on any atom is -0.487 e. The van der Waals surface area contributed by atoms with E-state index in [4.69, 9.17) is 4.74 Å². The topological polar surface area (TPSA) is 99.4 Å². The van der Waals surface area contributed by atoms with Crippen LogP contribution in [0.4, 0.5) is 16.2 Å². The Balaban J connectivity index is 1.27. The molecule has 1 saturated heterocycles. The van der Waals surface area contributed by atoms with Crippen molar-refractivity contribution in [1.29, 1.82) is 0 Å². The standard InChI is InChI=1S/C24H25N5O3/c30-22-7-3-10-29(22)15-11-18(17-14-25-28-19(17)12-15)26-23(31)27-20-13-24(8-4-9-24)32-21-6-2-1-5-16(20)21/h1-2,5-6,11-12,14,20H,3-4,7-10,13H2,(H,25,28)(H2,26,27,31). The maximum atomic E-state index is 13.1. The van der Waals surface area contributed by atoms with Crippen molar-refractivity contribution in [3.8, 4) is 5.75 Å². The van der Waals surface area contributed by atoms with Gasteiger partial charge in [-0.15, -0.1) is 0 Å². The third-order valence-electron chi connectivity index (χ3n) is 6.94. The molecule has 6 rings (SSSR count). The van der Waals surface area contributed by atoms with E-state index in [1.54, 1.807) is 11.1 Å². The zero-order valence-electron chi connectivity index (χ0n) is 17.7.